The minimum Gasteiger partial charge on any atom is -0.465 e. The van der Waals surface area contributed by atoms with Crippen molar-refractivity contribution in [3.05, 3.63) is 18.0 Å². The molecule has 1 aromatic rings. The number of anilines is 1. The molecule has 28 heavy (non-hydrogen) atoms. The predicted molar refractivity (Wildman–Crippen MR) is 105 cm³/mol. The van der Waals surface area contributed by atoms with Gasteiger partial charge in [-0.05, 0) is 25.7 Å². The first-order valence-electron chi connectivity index (χ1n) is 9.47. The molecule has 0 aliphatic carbocycles. The molecule has 1 fully saturated rings. The van der Waals surface area contributed by atoms with E-state index in [1.165, 1.54) is 0 Å². The van der Waals surface area contributed by atoms with Crippen molar-refractivity contribution in [2.75, 3.05) is 31.1 Å². The van der Waals surface area contributed by atoms with Gasteiger partial charge in [0.05, 0.1) is 6.54 Å². The highest BCUT2D eigenvalue weighted by Gasteiger charge is 2.33. The van der Waals surface area contributed by atoms with Gasteiger partial charge in [-0.25, -0.2) is 24.5 Å². The monoisotopic (exact) mass is 393 g/mol. The largest absolute Gasteiger partial charge is 0.465 e. The molecule has 2 amide bonds. The average molecular weight is 393 g/mol. The second-order valence-electron chi connectivity index (χ2n) is 8.86. The number of aromatic nitrogens is 2. The Morgan fingerprint density at radius 2 is 1.75 bits per heavy atom. The molecule has 0 spiro atoms. The zero-order valence-electron chi connectivity index (χ0n) is 17.4. The first kappa shape index (κ1) is 21.9. The van der Waals surface area contributed by atoms with Crippen LogP contribution in [0.4, 0.5) is 15.5 Å². The zero-order chi connectivity index (χ0) is 20.9. The summed E-state index contributed by atoms with van der Waals surface area (Å²) in [5.74, 6) is 0.598. The molecule has 0 radical (unpaired) electrons. The smallest absolute Gasteiger partial charge is 0.420 e. The van der Waals surface area contributed by atoms with Gasteiger partial charge in [-0.1, -0.05) is 20.8 Å². The van der Waals surface area contributed by atoms with Gasteiger partial charge in [0, 0.05) is 44.1 Å². The Morgan fingerprint density at radius 1 is 1.18 bits per heavy atom. The standard InChI is InChI=1S/C19H31N5O4/c1-18(2,3)13-19(4,5)28-17(27)24(16(25)26)12-14-10-21-15(22-11-14)23-8-6-20-7-9-23/h10-11,20H,6-9,12-13H2,1-5H3,(H,25,26). The van der Waals surface area contributed by atoms with Crippen LogP contribution in [0.3, 0.4) is 0 Å². The van der Waals surface area contributed by atoms with E-state index in [-0.39, 0.29) is 12.0 Å². The van der Waals surface area contributed by atoms with Crippen LogP contribution in [0.5, 0.6) is 0 Å². The molecule has 1 aromatic heterocycles. The highest BCUT2D eigenvalue weighted by molar-refractivity contribution is 5.86. The second-order valence-corrected chi connectivity index (χ2v) is 8.86. The van der Waals surface area contributed by atoms with Gasteiger partial charge in [0.1, 0.15) is 5.60 Å². The first-order valence-corrected chi connectivity index (χ1v) is 9.47. The molecule has 9 heteroatoms. The van der Waals surface area contributed by atoms with E-state index in [0.29, 0.717) is 22.8 Å². The Hall–Kier alpha value is -2.42. The number of nitrogens with zero attached hydrogens (tertiary/aromatic N) is 4. The fraction of sp³-hybridized carbons (Fsp3) is 0.684. The van der Waals surface area contributed by atoms with Crippen LogP contribution < -0.4 is 10.2 Å². The van der Waals surface area contributed by atoms with Crippen molar-refractivity contribution >= 4 is 18.1 Å². The van der Waals surface area contributed by atoms with Gasteiger partial charge in [0.15, 0.2) is 0 Å². The number of carboxylic acid groups (broad SMARTS) is 1. The molecule has 0 bridgehead atoms. The maximum Gasteiger partial charge on any atom is 0.420 e. The Bertz CT molecular complexity index is 679. The molecule has 0 unspecified atom stereocenters. The molecule has 156 valence electrons. The molecule has 1 aliphatic heterocycles. The van der Waals surface area contributed by atoms with Crippen LogP contribution in [0, 0.1) is 5.41 Å². The molecule has 1 saturated heterocycles. The lowest BCUT2D eigenvalue weighted by Gasteiger charge is -2.33. The van der Waals surface area contributed by atoms with Gasteiger partial charge >= 0.3 is 12.2 Å². The van der Waals surface area contributed by atoms with E-state index in [0.717, 1.165) is 26.2 Å². The summed E-state index contributed by atoms with van der Waals surface area (Å²) in [5, 5.41) is 12.7. The highest BCUT2D eigenvalue weighted by Crippen LogP contribution is 2.30. The van der Waals surface area contributed by atoms with Gasteiger partial charge in [-0.2, -0.15) is 0 Å². The number of hydrogen-bond acceptors (Lipinski definition) is 7. The van der Waals surface area contributed by atoms with Gasteiger partial charge in [-0.15, -0.1) is 0 Å². The van der Waals surface area contributed by atoms with Crippen molar-refractivity contribution < 1.29 is 19.4 Å². The molecular formula is C19H31N5O4. The molecule has 0 saturated carbocycles. The van der Waals surface area contributed by atoms with Crippen molar-refractivity contribution in [1.29, 1.82) is 0 Å². The first-order chi connectivity index (χ1) is 13.0. The van der Waals surface area contributed by atoms with Gasteiger partial charge < -0.3 is 20.1 Å². The Balaban J connectivity index is 2.03. The third-order valence-electron chi connectivity index (χ3n) is 4.20. The van der Waals surface area contributed by atoms with Crippen LogP contribution in [0.15, 0.2) is 12.4 Å². The fourth-order valence-electron chi connectivity index (χ4n) is 3.46. The van der Waals surface area contributed by atoms with Crippen LogP contribution in [0.25, 0.3) is 0 Å². The molecule has 9 nitrogen and oxygen atoms in total. The number of ether oxygens (including phenoxy) is 1. The summed E-state index contributed by atoms with van der Waals surface area (Å²) in [5.41, 5.74) is -0.330. The van der Waals surface area contributed by atoms with Crippen molar-refractivity contribution in [2.45, 2.75) is 53.2 Å². The summed E-state index contributed by atoms with van der Waals surface area (Å²) >= 11 is 0. The van der Waals surface area contributed by atoms with Crippen molar-refractivity contribution in [1.82, 2.24) is 20.2 Å². The molecule has 2 N–H and O–H groups in total. The summed E-state index contributed by atoms with van der Waals surface area (Å²) in [6.45, 7) is 12.9. The summed E-state index contributed by atoms with van der Waals surface area (Å²) in [6, 6.07) is 0. The maximum atomic E-state index is 12.5. The zero-order valence-corrected chi connectivity index (χ0v) is 17.4. The van der Waals surface area contributed by atoms with Crippen molar-refractivity contribution in [2.24, 2.45) is 5.41 Å². The van der Waals surface area contributed by atoms with Crippen LogP contribution in [0.2, 0.25) is 0 Å². The number of imide groups is 1. The van der Waals surface area contributed by atoms with Crippen LogP contribution in [-0.4, -0.2) is 63.9 Å². The number of rotatable bonds is 5. The minimum atomic E-state index is -1.37. The van der Waals surface area contributed by atoms with Crippen LogP contribution >= 0.6 is 0 Å². The Labute approximate surface area is 166 Å². The van der Waals surface area contributed by atoms with E-state index in [1.807, 2.05) is 20.8 Å². The third kappa shape index (κ3) is 6.63. The van der Waals surface area contributed by atoms with Crippen molar-refractivity contribution in [3.8, 4) is 0 Å². The summed E-state index contributed by atoms with van der Waals surface area (Å²) in [6.07, 6.45) is 1.43. The number of carbonyl (C=O) groups is 2. The highest BCUT2D eigenvalue weighted by atomic mass is 16.6. The molecule has 0 aromatic carbocycles. The molecule has 0 atom stereocenters. The Kier molecular flexibility index (Phi) is 6.82. The van der Waals surface area contributed by atoms with Gasteiger partial charge in [0.25, 0.3) is 0 Å². The molecule has 2 rings (SSSR count). The number of hydrogen-bond donors (Lipinski definition) is 2. The van der Waals surface area contributed by atoms with E-state index in [1.54, 1.807) is 26.2 Å². The topological polar surface area (TPSA) is 108 Å². The lowest BCUT2D eigenvalue weighted by atomic mass is 9.84. The number of nitrogens with one attached hydrogen (secondary N) is 1. The SMILES string of the molecule is CC(C)(C)CC(C)(C)OC(=O)N(Cc1cnc(N2CCNCC2)nc1)C(=O)O. The van der Waals surface area contributed by atoms with Gasteiger partial charge in [-0.3, -0.25) is 0 Å². The molecular weight excluding hydrogens is 362 g/mol. The minimum absolute atomic E-state index is 0.0640. The van der Waals surface area contributed by atoms with Crippen LogP contribution in [0.1, 0.15) is 46.6 Å². The maximum absolute atomic E-state index is 12.5. The third-order valence-corrected chi connectivity index (χ3v) is 4.20. The van der Waals surface area contributed by atoms with Gasteiger partial charge in [0.2, 0.25) is 5.95 Å². The summed E-state index contributed by atoms with van der Waals surface area (Å²) < 4.78 is 5.48. The van der Waals surface area contributed by atoms with E-state index < -0.39 is 17.8 Å². The van der Waals surface area contributed by atoms with E-state index in [2.05, 4.69) is 20.2 Å². The number of amides is 2. The predicted octanol–water partition coefficient (Wildman–Crippen LogP) is 2.72. The Morgan fingerprint density at radius 3 is 2.25 bits per heavy atom. The summed E-state index contributed by atoms with van der Waals surface area (Å²) in [4.78, 5) is 35.4. The molecule has 2 heterocycles. The number of piperazine rings is 1. The number of carbonyl (C=O) groups excluding carboxylic acids is 1. The summed E-state index contributed by atoms with van der Waals surface area (Å²) in [7, 11) is 0. The quantitative estimate of drug-likeness (QED) is 0.786. The van der Waals surface area contributed by atoms with E-state index in [4.69, 9.17) is 4.74 Å². The second kappa shape index (κ2) is 8.72. The average Bonchev–Trinajstić information content (AvgIpc) is 2.58. The van der Waals surface area contributed by atoms with Crippen LogP contribution in [-0.2, 0) is 11.3 Å². The van der Waals surface area contributed by atoms with E-state index in [9.17, 15) is 14.7 Å². The molecule has 1 aliphatic rings. The lowest BCUT2D eigenvalue weighted by Crippen LogP contribution is -2.44. The fourth-order valence-corrected chi connectivity index (χ4v) is 3.46. The van der Waals surface area contributed by atoms with Crippen molar-refractivity contribution in [3.63, 3.8) is 0 Å². The normalized spacial score (nSPS) is 15.2. The van der Waals surface area contributed by atoms with E-state index >= 15 is 0 Å². The lowest BCUT2D eigenvalue weighted by molar-refractivity contribution is -0.00814.